The summed E-state index contributed by atoms with van der Waals surface area (Å²) in [4.78, 5) is 2.51. The zero-order chi connectivity index (χ0) is 21.5. The molecule has 2 aliphatic rings. The van der Waals surface area contributed by atoms with E-state index in [1.54, 1.807) is 6.07 Å². The van der Waals surface area contributed by atoms with Gasteiger partial charge in [-0.25, -0.2) is 0 Å². The van der Waals surface area contributed by atoms with Crippen LogP contribution in [-0.2, 0) is 0 Å². The molecule has 5 rings (SSSR count). The predicted octanol–water partition coefficient (Wildman–Crippen LogP) is 6.53. The van der Waals surface area contributed by atoms with E-state index in [2.05, 4.69) is 44.1 Å². The number of aromatic nitrogens is 3. The lowest BCUT2D eigenvalue weighted by atomic mass is 9.95. The SMILES string of the molecule is C[C@@H](c1cc(Cl)cc(Cl)c1)N1CCC(COc2cc3nnc(Br)n3cc2C2CC2)CC1. The highest BCUT2D eigenvalue weighted by molar-refractivity contribution is 9.10. The minimum Gasteiger partial charge on any atom is -0.493 e. The molecular formula is C23H25BrCl2N4O. The summed E-state index contributed by atoms with van der Waals surface area (Å²) in [6.07, 6.45) is 6.83. The van der Waals surface area contributed by atoms with Crippen LogP contribution in [0.1, 0.15) is 55.7 Å². The Kier molecular flexibility index (Phi) is 6.17. The van der Waals surface area contributed by atoms with Crippen molar-refractivity contribution in [1.82, 2.24) is 19.5 Å². The summed E-state index contributed by atoms with van der Waals surface area (Å²) in [5, 5.41) is 9.74. The van der Waals surface area contributed by atoms with Gasteiger partial charge in [-0.05, 0) is 97.2 Å². The van der Waals surface area contributed by atoms with E-state index in [1.807, 2.05) is 22.6 Å². The summed E-state index contributed by atoms with van der Waals surface area (Å²) in [7, 11) is 0. The summed E-state index contributed by atoms with van der Waals surface area (Å²) >= 11 is 15.9. The lowest BCUT2D eigenvalue weighted by Crippen LogP contribution is -2.37. The molecular weight excluding hydrogens is 499 g/mol. The Bertz CT molecular complexity index is 1070. The average molecular weight is 524 g/mol. The average Bonchev–Trinajstić information content (AvgIpc) is 3.54. The molecule has 0 spiro atoms. The first-order chi connectivity index (χ1) is 15.0. The number of likely N-dealkylation sites (tertiary alicyclic amines) is 1. The second-order valence-corrected chi connectivity index (χ2v) is 10.3. The van der Waals surface area contributed by atoms with Gasteiger partial charge in [0, 0.05) is 33.9 Å². The molecule has 3 heterocycles. The van der Waals surface area contributed by atoms with E-state index in [1.165, 1.54) is 24.0 Å². The van der Waals surface area contributed by atoms with E-state index in [4.69, 9.17) is 27.9 Å². The smallest absolute Gasteiger partial charge is 0.204 e. The van der Waals surface area contributed by atoms with Crippen LogP contribution in [0.5, 0.6) is 5.75 Å². The van der Waals surface area contributed by atoms with Crippen LogP contribution in [0.25, 0.3) is 5.65 Å². The number of piperidine rings is 1. The van der Waals surface area contributed by atoms with Gasteiger partial charge in [-0.15, -0.1) is 10.2 Å². The number of fused-ring (bicyclic) bond motifs is 1. The van der Waals surface area contributed by atoms with Crippen molar-refractivity contribution in [3.05, 3.63) is 56.4 Å². The molecule has 1 aromatic carbocycles. The lowest BCUT2D eigenvalue weighted by Gasteiger charge is -2.36. The van der Waals surface area contributed by atoms with E-state index in [0.29, 0.717) is 27.9 Å². The predicted molar refractivity (Wildman–Crippen MR) is 127 cm³/mol. The fraction of sp³-hybridized carbons (Fsp3) is 0.478. The zero-order valence-corrected chi connectivity index (χ0v) is 20.5. The molecule has 0 unspecified atom stereocenters. The van der Waals surface area contributed by atoms with E-state index < -0.39 is 0 Å². The molecule has 0 amide bonds. The van der Waals surface area contributed by atoms with Gasteiger partial charge >= 0.3 is 0 Å². The summed E-state index contributed by atoms with van der Waals surface area (Å²) in [6.45, 7) is 5.07. The Morgan fingerprint density at radius 2 is 1.77 bits per heavy atom. The van der Waals surface area contributed by atoms with Crippen LogP contribution in [0.4, 0.5) is 0 Å². The molecule has 164 valence electrons. The maximum Gasteiger partial charge on any atom is 0.204 e. The summed E-state index contributed by atoms with van der Waals surface area (Å²) in [6, 6.07) is 8.16. The van der Waals surface area contributed by atoms with Gasteiger partial charge in [0.1, 0.15) is 5.75 Å². The van der Waals surface area contributed by atoms with E-state index >= 15 is 0 Å². The first-order valence-corrected chi connectivity index (χ1v) is 12.4. The van der Waals surface area contributed by atoms with Crippen molar-refractivity contribution in [2.45, 2.75) is 44.6 Å². The van der Waals surface area contributed by atoms with Crippen molar-refractivity contribution in [3.8, 4) is 5.75 Å². The summed E-state index contributed by atoms with van der Waals surface area (Å²) in [5.41, 5.74) is 3.26. The van der Waals surface area contributed by atoms with Crippen molar-refractivity contribution in [2.24, 2.45) is 5.92 Å². The van der Waals surface area contributed by atoms with Crippen molar-refractivity contribution in [2.75, 3.05) is 19.7 Å². The summed E-state index contributed by atoms with van der Waals surface area (Å²) < 4.78 is 9.08. The van der Waals surface area contributed by atoms with Gasteiger partial charge in [0.2, 0.25) is 4.73 Å². The minimum atomic E-state index is 0.299. The minimum absolute atomic E-state index is 0.299. The van der Waals surface area contributed by atoms with E-state index in [0.717, 1.165) is 48.7 Å². The molecule has 2 aromatic heterocycles. The number of rotatable bonds is 6. The molecule has 0 bridgehead atoms. The molecule has 1 saturated heterocycles. The molecule has 8 heteroatoms. The number of nitrogens with zero attached hydrogens (tertiary/aromatic N) is 4. The Hall–Kier alpha value is -1.34. The highest BCUT2D eigenvalue weighted by atomic mass is 79.9. The van der Waals surface area contributed by atoms with Crippen molar-refractivity contribution in [1.29, 1.82) is 0 Å². The lowest BCUT2D eigenvalue weighted by molar-refractivity contribution is 0.113. The van der Waals surface area contributed by atoms with Gasteiger partial charge in [-0.3, -0.25) is 9.30 Å². The fourth-order valence-corrected chi connectivity index (χ4v) is 5.38. The molecule has 5 nitrogen and oxygen atoms in total. The van der Waals surface area contributed by atoms with Crippen LogP contribution in [-0.4, -0.2) is 39.2 Å². The molecule has 3 aromatic rings. The Morgan fingerprint density at radius 1 is 1.06 bits per heavy atom. The van der Waals surface area contributed by atoms with Crippen LogP contribution in [0.3, 0.4) is 0 Å². The molecule has 1 aliphatic carbocycles. The van der Waals surface area contributed by atoms with Crippen LogP contribution in [0, 0.1) is 5.92 Å². The molecule has 1 aliphatic heterocycles. The largest absolute Gasteiger partial charge is 0.493 e. The third-order valence-electron chi connectivity index (χ3n) is 6.55. The van der Waals surface area contributed by atoms with Crippen molar-refractivity contribution >= 4 is 44.8 Å². The normalized spacial score (nSPS) is 19.1. The van der Waals surface area contributed by atoms with Gasteiger partial charge in [-0.1, -0.05) is 23.2 Å². The fourth-order valence-electron chi connectivity index (χ4n) is 4.47. The van der Waals surface area contributed by atoms with Gasteiger partial charge in [0.05, 0.1) is 6.61 Å². The number of benzene rings is 1. The topological polar surface area (TPSA) is 42.7 Å². The number of hydrogen-bond donors (Lipinski definition) is 0. The monoisotopic (exact) mass is 522 g/mol. The number of halogens is 3. The van der Waals surface area contributed by atoms with Crippen LogP contribution in [0.2, 0.25) is 10.0 Å². The van der Waals surface area contributed by atoms with Crippen molar-refractivity contribution in [3.63, 3.8) is 0 Å². The zero-order valence-electron chi connectivity index (χ0n) is 17.4. The van der Waals surface area contributed by atoms with Crippen LogP contribution >= 0.6 is 39.1 Å². The first-order valence-electron chi connectivity index (χ1n) is 10.8. The van der Waals surface area contributed by atoms with Gasteiger partial charge in [0.25, 0.3) is 0 Å². The van der Waals surface area contributed by atoms with Crippen molar-refractivity contribution < 1.29 is 4.74 Å². The highest BCUT2D eigenvalue weighted by Crippen LogP contribution is 2.45. The van der Waals surface area contributed by atoms with Gasteiger partial charge in [-0.2, -0.15) is 0 Å². The standard InChI is InChI=1S/C23H25BrCl2N4O/c1-14(17-8-18(25)10-19(26)9-17)29-6-4-15(5-7-29)13-31-21-11-22-27-28-23(24)30(22)12-20(21)16-2-3-16/h8-12,14-16H,2-7,13H2,1H3/t14-/m0/s1. The Labute approximate surface area is 200 Å². The second kappa shape index (κ2) is 8.89. The third kappa shape index (κ3) is 4.72. The molecule has 1 saturated carbocycles. The molecule has 0 radical (unpaired) electrons. The summed E-state index contributed by atoms with van der Waals surface area (Å²) in [5.74, 6) is 2.12. The number of ether oxygens (including phenoxy) is 1. The van der Waals surface area contributed by atoms with Gasteiger partial charge in [0.15, 0.2) is 5.65 Å². The first kappa shape index (κ1) is 21.5. The Morgan fingerprint density at radius 3 is 2.45 bits per heavy atom. The van der Waals surface area contributed by atoms with E-state index in [9.17, 15) is 0 Å². The molecule has 2 fully saturated rings. The maximum atomic E-state index is 6.36. The maximum absolute atomic E-state index is 6.36. The molecule has 0 N–H and O–H groups in total. The number of pyridine rings is 1. The number of hydrogen-bond acceptors (Lipinski definition) is 4. The highest BCUT2D eigenvalue weighted by Gasteiger charge is 2.29. The second-order valence-electron chi connectivity index (χ2n) is 8.73. The van der Waals surface area contributed by atoms with Crippen LogP contribution < -0.4 is 4.74 Å². The molecule has 1 atom stereocenters. The molecule has 31 heavy (non-hydrogen) atoms. The Balaban J connectivity index is 1.21. The van der Waals surface area contributed by atoms with Gasteiger partial charge < -0.3 is 4.74 Å². The third-order valence-corrected chi connectivity index (χ3v) is 7.53. The quantitative estimate of drug-likeness (QED) is 0.368. The van der Waals surface area contributed by atoms with E-state index in [-0.39, 0.29) is 0 Å². The van der Waals surface area contributed by atoms with Crippen LogP contribution in [0.15, 0.2) is 35.2 Å².